The van der Waals surface area contributed by atoms with E-state index in [1.807, 2.05) is 0 Å². The van der Waals surface area contributed by atoms with Crippen molar-refractivity contribution in [3.05, 3.63) is 39.9 Å². The van der Waals surface area contributed by atoms with Crippen molar-refractivity contribution in [3.63, 3.8) is 0 Å². The molecule has 0 radical (unpaired) electrons. The number of nitro groups is 1. The van der Waals surface area contributed by atoms with E-state index >= 15 is 0 Å². The fourth-order valence-electron chi connectivity index (χ4n) is 1.62. The summed E-state index contributed by atoms with van der Waals surface area (Å²) in [5.41, 5.74) is -8.36. The number of carbonyl (C=O) groups excluding carboxylic acids is 1. The topological polar surface area (TPSA) is 175 Å². The van der Waals surface area contributed by atoms with Crippen LogP contribution in [0.3, 0.4) is 0 Å². The molecule has 0 bridgehead atoms. The molecule has 21 heavy (non-hydrogen) atoms. The van der Waals surface area contributed by atoms with E-state index in [0.29, 0.717) is 0 Å². The summed E-state index contributed by atoms with van der Waals surface area (Å²) in [4.78, 5) is 42.6. The highest BCUT2D eigenvalue weighted by molar-refractivity contribution is 6.04. The Kier molecular flexibility index (Phi) is 4.06. The van der Waals surface area contributed by atoms with E-state index in [0.717, 1.165) is 24.3 Å². The number of aldehydes is 1. The molecule has 0 amide bonds. The third-order valence-corrected chi connectivity index (χ3v) is 2.85. The van der Waals surface area contributed by atoms with Gasteiger partial charge in [-0.2, -0.15) is 0 Å². The van der Waals surface area contributed by atoms with Crippen molar-refractivity contribution in [2.75, 3.05) is 0 Å². The molecule has 2 atom stereocenters. The SMILES string of the molecule is O=C[C@@](O)(C(=O)O)[C@](O)(C(=O)O)c1ccc([N+](=O)[O-])cc1. The number of hydrogen-bond acceptors (Lipinski definition) is 7. The molecular weight excluding hydrogens is 290 g/mol. The summed E-state index contributed by atoms with van der Waals surface area (Å²) >= 11 is 0. The van der Waals surface area contributed by atoms with Gasteiger partial charge in [-0.1, -0.05) is 0 Å². The molecule has 0 aliphatic rings. The molecule has 1 aromatic rings. The molecule has 0 saturated carbocycles. The monoisotopic (exact) mass is 299 g/mol. The summed E-state index contributed by atoms with van der Waals surface area (Å²) in [6.45, 7) is 0. The average Bonchev–Trinajstić information content (AvgIpc) is 2.44. The molecule has 0 fully saturated rings. The molecule has 1 aromatic carbocycles. The number of benzene rings is 1. The van der Waals surface area contributed by atoms with Gasteiger partial charge in [-0.05, 0) is 17.7 Å². The van der Waals surface area contributed by atoms with E-state index < -0.39 is 45.6 Å². The van der Waals surface area contributed by atoms with Gasteiger partial charge in [-0.3, -0.25) is 14.9 Å². The first-order valence-corrected chi connectivity index (χ1v) is 5.24. The van der Waals surface area contributed by atoms with Crippen LogP contribution in [0.5, 0.6) is 0 Å². The van der Waals surface area contributed by atoms with Crippen LogP contribution in [0, 0.1) is 10.1 Å². The summed E-state index contributed by atoms with van der Waals surface area (Å²) in [7, 11) is 0. The lowest BCUT2D eigenvalue weighted by atomic mass is 9.78. The maximum atomic E-state index is 11.2. The van der Waals surface area contributed by atoms with E-state index in [9.17, 15) is 34.7 Å². The molecule has 4 N–H and O–H groups in total. The highest BCUT2D eigenvalue weighted by atomic mass is 16.6. The molecule has 10 nitrogen and oxygen atoms in total. The average molecular weight is 299 g/mol. The van der Waals surface area contributed by atoms with Gasteiger partial charge in [0.2, 0.25) is 5.60 Å². The van der Waals surface area contributed by atoms with Crippen molar-refractivity contribution in [2.24, 2.45) is 0 Å². The van der Waals surface area contributed by atoms with Gasteiger partial charge in [-0.15, -0.1) is 0 Å². The molecule has 0 spiro atoms. The first-order chi connectivity index (χ1) is 9.61. The molecule has 0 heterocycles. The maximum Gasteiger partial charge on any atom is 0.347 e. The molecule has 112 valence electrons. The zero-order valence-corrected chi connectivity index (χ0v) is 10.2. The van der Waals surface area contributed by atoms with Gasteiger partial charge < -0.3 is 20.4 Å². The Morgan fingerprint density at radius 3 is 1.86 bits per heavy atom. The third-order valence-electron chi connectivity index (χ3n) is 2.85. The Labute approximate surface area is 116 Å². The van der Waals surface area contributed by atoms with Crippen molar-refractivity contribution in [1.82, 2.24) is 0 Å². The molecule has 0 aromatic heterocycles. The van der Waals surface area contributed by atoms with Crippen LogP contribution in [-0.4, -0.2) is 49.2 Å². The number of aliphatic hydroxyl groups is 2. The molecule has 0 saturated heterocycles. The molecule has 0 aliphatic heterocycles. The summed E-state index contributed by atoms with van der Waals surface area (Å²) in [6.07, 6.45) is -0.634. The van der Waals surface area contributed by atoms with Crippen molar-refractivity contribution >= 4 is 23.9 Å². The van der Waals surface area contributed by atoms with Gasteiger partial charge in [0, 0.05) is 12.1 Å². The lowest BCUT2D eigenvalue weighted by molar-refractivity contribution is -0.384. The van der Waals surface area contributed by atoms with Gasteiger partial charge >= 0.3 is 11.9 Å². The number of aliphatic carboxylic acids is 2. The van der Waals surface area contributed by atoms with E-state index in [2.05, 4.69) is 0 Å². The van der Waals surface area contributed by atoms with Crippen molar-refractivity contribution < 1.29 is 39.7 Å². The Bertz CT molecular complexity index is 611. The van der Waals surface area contributed by atoms with Crippen LogP contribution in [-0.2, 0) is 20.0 Å². The maximum absolute atomic E-state index is 11.2. The fourth-order valence-corrected chi connectivity index (χ4v) is 1.62. The number of nitrogens with zero attached hydrogens (tertiary/aromatic N) is 1. The number of nitro benzene ring substituents is 1. The van der Waals surface area contributed by atoms with Gasteiger partial charge in [0.25, 0.3) is 11.3 Å². The number of carboxylic acid groups (broad SMARTS) is 2. The van der Waals surface area contributed by atoms with Crippen LogP contribution >= 0.6 is 0 Å². The van der Waals surface area contributed by atoms with Crippen molar-refractivity contribution in [2.45, 2.75) is 11.2 Å². The number of carbonyl (C=O) groups is 3. The predicted octanol–water partition coefficient (Wildman–Crippen LogP) is -1.12. The van der Waals surface area contributed by atoms with E-state index in [1.165, 1.54) is 0 Å². The normalized spacial score (nSPS) is 16.3. The Morgan fingerprint density at radius 2 is 1.57 bits per heavy atom. The summed E-state index contributed by atoms with van der Waals surface area (Å²) < 4.78 is 0. The second kappa shape index (κ2) is 5.26. The second-order valence-corrected chi connectivity index (χ2v) is 4.01. The zero-order chi connectivity index (χ0) is 16.4. The van der Waals surface area contributed by atoms with Crippen LogP contribution in [0.1, 0.15) is 5.56 Å². The number of non-ortho nitro benzene ring substituents is 1. The fraction of sp³-hybridized carbons (Fsp3) is 0.182. The molecule has 1 rings (SSSR count). The molecule has 10 heteroatoms. The quantitative estimate of drug-likeness (QED) is 0.219. The Morgan fingerprint density at radius 1 is 1.10 bits per heavy atom. The Hall–Kier alpha value is -2.85. The molecule has 0 unspecified atom stereocenters. The van der Waals surface area contributed by atoms with E-state index in [1.54, 1.807) is 0 Å². The van der Waals surface area contributed by atoms with Gasteiger partial charge in [0.15, 0.2) is 6.29 Å². The van der Waals surface area contributed by atoms with Crippen LogP contribution in [0.25, 0.3) is 0 Å². The van der Waals surface area contributed by atoms with Crippen LogP contribution in [0.2, 0.25) is 0 Å². The minimum atomic E-state index is -3.67. The standard InChI is InChI=1S/C11H9NO9/c13-5-10(18,8(14)15)11(19,9(16)17)6-1-3-7(4-2-6)12(20)21/h1-5,18-19H,(H,14,15)(H,16,17)/t10-,11-/m1/s1. The first kappa shape index (κ1) is 16.2. The first-order valence-electron chi connectivity index (χ1n) is 5.24. The smallest absolute Gasteiger partial charge is 0.347 e. The van der Waals surface area contributed by atoms with E-state index in [4.69, 9.17) is 10.2 Å². The van der Waals surface area contributed by atoms with Crippen LogP contribution in [0.15, 0.2) is 24.3 Å². The zero-order valence-electron chi connectivity index (χ0n) is 10.2. The number of rotatable bonds is 6. The van der Waals surface area contributed by atoms with Crippen LogP contribution in [0.4, 0.5) is 5.69 Å². The van der Waals surface area contributed by atoms with Gasteiger partial charge in [-0.25, -0.2) is 9.59 Å². The van der Waals surface area contributed by atoms with Gasteiger partial charge in [0.05, 0.1) is 4.92 Å². The predicted molar refractivity (Wildman–Crippen MR) is 63.3 cm³/mol. The number of hydrogen-bond donors (Lipinski definition) is 4. The second-order valence-electron chi connectivity index (χ2n) is 4.01. The van der Waals surface area contributed by atoms with Crippen molar-refractivity contribution in [1.29, 1.82) is 0 Å². The van der Waals surface area contributed by atoms with Gasteiger partial charge in [0.1, 0.15) is 0 Å². The molecular formula is C11H9NO9. The van der Waals surface area contributed by atoms with E-state index in [-0.39, 0.29) is 0 Å². The van der Waals surface area contributed by atoms with Crippen LogP contribution < -0.4 is 0 Å². The summed E-state index contributed by atoms with van der Waals surface area (Å²) in [5, 5.41) is 48.0. The summed E-state index contributed by atoms with van der Waals surface area (Å²) in [5.74, 6) is -4.51. The molecule has 0 aliphatic carbocycles. The number of carboxylic acids is 2. The lowest BCUT2D eigenvalue weighted by Crippen LogP contribution is -2.62. The highest BCUT2D eigenvalue weighted by Gasteiger charge is 2.62. The van der Waals surface area contributed by atoms with Crippen molar-refractivity contribution in [3.8, 4) is 0 Å². The lowest BCUT2D eigenvalue weighted by Gasteiger charge is -2.33. The highest BCUT2D eigenvalue weighted by Crippen LogP contribution is 2.34. The minimum absolute atomic E-state index is 0.462. The minimum Gasteiger partial charge on any atom is -0.479 e. The largest absolute Gasteiger partial charge is 0.479 e. The Balaban J connectivity index is 3.55. The third kappa shape index (κ3) is 2.32. The summed E-state index contributed by atoms with van der Waals surface area (Å²) in [6, 6.07) is 3.03.